The number of amides is 1. The van der Waals surface area contributed by atoms with Crippen LogP contribution < -0.4 is 14.8 Å². The highest BCUT2D eigenvalue weighted by atomic mass is 35.5. The summed E-state index contributed by atoms with van der Waals surface area (Å²) in [7, 11) is -2.38. The van der Waals surface area contributed by atoms with E-state index >= 15 is 0 Å². The van der Waals surface area contributed by atoms with Crippen molar-refractivity contribution in [1.29, 1.82) is 0 Å². The molecule has 6 nitrogen and oxygen atoms in total. The fraction of sp³-hybridized carbons (Fsp3) is 0.278. The van der Waals surface area contributed by atoms with Crippen LogP contribution in [0.4, 0.5) is 5.69 Å². The second-order valence-electron chi connectivity index (χ2n) is 6.66. The van der Waals surface area contributed by atoms with E-state index in [9.17, 15) is 13.2 Å². The molecule has 8 heteroatoms. The molecule has 1 amide bonds. The number of nitrogens with one attached hydrogen (secondary N) is 2. The zero-order valence-electron chi connectivity index (χ0n) is 15.0. The number of para-hydroxylation sites is 2. The van der Waals surface area contributed by atoms with Crippen molar-refractivity contribution < 1.29 is 17.9 Å². The van der Waals surface area contributed by atoms with Crippen molar-refractivity contribution in [2.45, 2.75) is 31.2 Å². The molecular weight excluding hydrogens is 376 g/mol. The van der Waals surface area contributed by atoms with E-state index < -0.39 is 21.5 Å². The van der Waals surface area contributed by atoms with E-state index in [1.807, 2.05) is 0 Å². The maximum atomic E-state index is 12.6. The van der Waals surface area contributed by atoms with Crippen molar-refractivity contribution >= 4 is 33.2 Å². The van der Waals surface area contributed by atoms with Gasteiger partial charge in [-0.2, -0.15) is 0 Å². The van der Waals surface area contributed by atoms with Crippen LogP contribution in [0, 0.1) is 0 Å². The number of methoxy groups -OCH3 is 1. The quantitative estimate of drug-likeness (QED) is 0.807. The number of anilines is 1. The van der Waals surface area contributed by atoms with E-state index in [0.29, 0.717) is 11.4 Å². The number of carbonyl (C=O) groups is 1. The molecule has 0 spiro atoms. The van der Waals surface area contributed by atoms with E-state index in [1.54, 1.807) is 45.0 Å². The predicted octanol–water partition coefficient (Wildman–Crippen LogP) is 3.68. The molecule has 0 radical (unpaired) electrons. The van der Waals surface area contributed by atoms with Gasteiger partial charge in [0.1, 0.15) is 10.6 Å². The smallest absolute Gasteiger partial charge is 0.255 e. The molecule has 0 aliphatic rings. The van der Waals surface area contributed by atoms with Gasteiger partial charge >= 0.3 is 0 Å². The number of rotatable bonds is 5. The van der Waals surface area contributed by atoms with Crippen LogP contribution in [-0.4, -0.2) is 27.0 Å². The van der Waals surface area contributed by atoms with E-state index in [4.69, 9.17) is 16.3 Å². The van der Waals surface area contributed by atoms with Crippen molar-refractivity contribution in [3.05, 3.63) is 53.1 Å². The molecule has 0 heterocycles. The molecule has 0 atom stereocenters. The minimum atomic E-state index is -3.88. The van der Waals surface area contributed by atoms with Crippen LogP contribution in [0.1, 0.15) is 31.1 Å². The average molecular weight is 397 g/mol. The first kappa shape index (κ1) is 20.2. The normalized spacial score (nSPS) is 11.9. The Hall–Kier alpha value is -2.09. The van der Waals surface area contributed by atoms with E-state index in [0.717, 1.165) is 0 Å². The third-order valence-electron chi connectivity index (χ3n) is 3.28. The molecule has 0 bridgehead atoms. The lowest BCUT2D eigenvalue weighted by atomic mass is 10.1. The van der Waals surface area contributed by atoms with E-state index in [2.05, 4.69) is 10.0 Å². The number of hydrogen-bond acceptors (Lipinski definition) is 4. The minimum Gasteiger partial charge on any atom is -0.495 e. The molecule has 0 aliphatic heterocycles. The summed E-state index contributed by atoms with van der Waals surface area (Å²) < 4.78 is 32.8. The topological polar surface area (TPSA) is 84.5 Å². The highest BCUT2D eigenvalue weighted by Gasteiger charge is 2.25. The summed E-state index contributed by atoms with van der Waals surface area (Å²) in [6.45, 7) is 5.16. The summed E-state index contributed by atoms with van der Waals surface area (Å²) >= 11 is 6.05. The van der Waals surface area contributed by atoms with Gasteiger partial charge in [0.05, 0.1) is 17.8 Å². The SMILES string of the molecule is COc1ccccc1NC(=O)c1ccc(Cl)c(S(=O)(=O)NC(C)(C)C)c1. The molecule has 0 aromatic heterocycles. The van der Waals surface area contributed by atoms with Crippen molar-refractivity contribution in [3.63, 3.8) is 0 Å². The fourth-order valence-electron chi connectivity index (χ4n) is 2.25. The molecule has 0 fully saturated rings. The largest absolute Gasteiger partial charge is 0.495 e. The zero-order valence-corrected chi connectivity index (χ0v) is 16.5. The Morgan fingerprint density at radius 3 is 2.38 bits per heavy atom. The van der Waals surface area contributed by atoms with Gasteiger partial charge in [-0.1, -0.05) is 23.7 Å². The summed E-state index contributed by atoms with van der Waals surface area (Å²) in [5.74, 6) is 0.0235. The van der Waals surface area contributed by atoms with Gasteiger partial charge in [0, 0.05) is 11.1 Å². The summed E-state index contributed by atoms with van der Waals surface area (Å²) in [5, 5.41) is 2.74. The number of halogens is 1. The standard InChI is InChI=1S/C18H21ClN2O4S/c1-18(2,3)21-26(23,24)16-11-12(9-10-13(16)19)17(22)20-14-7-5-6-8-15(14)25-4/h5-11,21H,1-4H3,(H,20,22). The Balaban J connectivity index is 2.36. The number of benzene rings is 2. The molecule has 2 aromatic rings. The van der Waals surface area contributed by atoms with Crippen LogP contribution in [0.2, 0.25) is 5.02 Å². The first-order chi connectivity index (χ1) is 12.0. The van der Waals surface area contributed by atoms with Gasteiger partial charge in [-0.05, 0) is 51.1 Å². The lowest BCUT2D eigenvalue weighted by Crippen LogP contribution is -2.40. The van der Waals surface area contributed by atoms with Gasteiger partial charge in [0.15, 0.2) is 0 Å². The number of ether oxygens (including phenoxy) is 1. The molecule has 0 saturated heterocycles. The molecule has 2 N–H and O–H groups in total. The van der Waals surface area contributed by atoms with Crippen LogP contribution in [0.3, 0.4) is 0 Å². The highest BCUT2D eigenvalue weighted by Crippen LogP contribution is 2.26. The van der Waals surface area contributed by atoms with Gasteiger partial charge in [-0.25, -0.2) is 13.1 Å². The second kappa shape index (κ2) is 7.65. The van der Waals surface area contributed by atoms with Gasteiger partial charge in [0.2, 0.25) is 10.0 Å². The molecule has 0 saturated carbocycles. The monoisotopic (exact) mass is 396 g/mol. The first-order valence-electron chi connectivity index (χ1n) is 7.81. The van der Waals surface area contributed by atoms with E-state index in [1.165, 1.54) is 25.3 Å². The zero-order chi connectivity index (χ0) is 19.5. The Morgan fingerprint density at radius 1 is 1.12 bits per heavy atom. The molecule has 2 rings (SSSR count). The first-order valence-corrected chi connectivity index (χ1v) is 9.67. The molecule has 0 unspecified atom stereocenters. The van der Waals surface area contributed by atoms with Crippen LogP contribution in [0.5, 0.6) is 5.75 Å². The van der Waals surface area contributed by atoms with Gasteiger partial charge in [-0.3, -0.25) is 4.79 Å². The van der Waals surface area contributed by atoms with Crippen LogP contribution in [-0.2, 0) is 10.0 Å². The minimum absolute atomic E-state index is 0.0376. The number of sulfonamides is 1. The molecule has 2 aromatic carbocycles. The summed E-state index contributed by atoms with van der Waals surface area (Å²) in [4.78, 5) is 12.4. The lowest BCUT2D eigenvalue weighted by Gasteiger charge is -2.21. The van der Waals surface area contributed by atoms with Crippen molar-refractivity contribution in [1.82, 2.24) is 4.72 Å². The maximum Gasteiger partial charge on any atom is 0.255 e. The van der Waals surface area contributed by atoms with Gasteiger partial charge < -0.3 is 10.1 Å². The number of hydrogen-bond donors (Lipinski definition) is 2. The third kappa shape index (κ3) is 4.97. The lowest BCUT2D eigenvalue weighted by molar-refractivity contribution is 0.102. The van der Waals surface area contributed by atoms with Crippen molar-refractivity contribution in [2.24, 2.45) is 0 Å². The second-order valence-corrected chi connectivity index (χ2v) is 8.71. The van der Waals surface area contributed by atoms with Crippen LogP contribution in [0.25, 0.3) is 0 Å². The predicted molar refractivity (Wildman–Crippen MR) is 102 cm³/mol. The van der Waals surface area contributed by atoms with Crippen molar-refractivity contribution in [2.75, 3.05) is 12.4 Å². The summed E-state index contributed by atoms with van der Waals surface area (Å²) in [6.07, 6.45) is 0. The molecule has 0 aliphatic carbocycles. The average Bonchev–Trinajstić information content (AvgIpc) is 2.53. The molecule has 26 heavy (non-hydrogen) atoms. The highest BCUT2D eigenvalue weighted by molar-refractivity contribution is 7.89. The van der Waals surface area contributed by atoms with Crippen LogP contribution in [0.15, 0.2) is 47.4 Å². The maximum absolute atomic E-state index is 12.6. The summed E-state index contributed by atoms with van der Waals surface area (Å²) in [5.41, 5.74) is -0.0422. The Labute approximate surface area is 158 Å². The Morgan fingerprint density at radius 2 is 1.77 bits per heavy atom. The molecular formula is C18H21ClN2O4S. The number of carbonyl (C=O) groups excluding carboxylic acids is 1. The Kier molecular flexibility index (Phi) is 5.95. The molecule has 140 valence electrons. The van der Waals surface area contributed by atoms with Crippen LogP contribution >= 0.6 is 11.6 Å². The van der Waals surface area contributed by atoms with Gasteiger partial charge in [-0.15, -0.1) is 0 Å². The Bertz CT molecular complexity index is 921. The van der Waals surface area contributed by atoms with Gasteiger partial charge in [0.25, 0.3) is 5.91 Å². The van der Waals surface area contributed by atoms with Crippen molar-refractivity contribution in [3.8, 4) is 5.75 Å². The summed E-state index contributed by atoms with van der Waals surface area (Å²) in [6, 6.07) is 11.0. The van der Waals surface area contributed by atoms with E-state index in [-0.39, 0.29) is 15.5 Å². The fourth-order valence-corrected chi connectivity index (χ4v) is 4.20. The third-order valence-corrected chi connectivity index (χ3v) is 5.52.